The number of thioether (sulfide) groups is 1. The molecule has 0 aliphatic carbocycles. The Morgan fingerprint density at radius 2 is 2.03 bits per heavy atom. The maximum Gasteiger partial charge on any atom is 0.247 e. The maximum absolute atomic E-state index is 13.1. The smallest absolute Gasteiger partial charge is 0.247 e. The number of carbonyl (C=O) groups excluding carboxylic acids is 2. The molecule has 1 aliphatic rings. The summed E-state index contributed by atoms with van der Waals surface area (Å²) in [6, 6.07) is 11.1. The minimum Gasteiger partial charge on any atom is -0.330 e. The highest BCUT2D eigenvalue weighted by molar-refractivity contribution is 8.01. The van der Waals surface area contributed by atoms with E-state index < -0.39 is 6.04 Å². The number of anilines is 1. The standard InChI is InChI=1S/C26H28N4O2S2/c1-2-3-4-5-11-20-18-33-26(27-20)34-19-24(31)30-17-10-14-23(30)25(32)28-21-12-6-7-13-22(21)29-15-8-9-16-29/h2-9,12-13,15-16,18,23H,10-11,14,17,19H2,1H3,(H,28,32)/b3-2-,5-4-/t23-/m0/s1. The Morgan fingerprint density at radius 3 is 2.85 bits per heavy atom. The third-order valence-electron chi connectivity index (χ3n) is 5.54. The number of benzene rings is 1. The van der Waals surface area contributed by atoms with Crippen LogP contribution in [0, 0.1) is 0 Å². The van der Waals surface area contributed by atoms with Crippen LogP contribution in [0.1, 0.15) is 25.5 Å². The highest BCUT2D eigenvalue weighted by Gasteiger charge is 2.34. The lowest BCUT2D eigenvalue weighted by Crippen LogP contribution is -2.44. The van der Waals surface area contributed by atoms with Crippen molar-refractivity contribution in [1.82, 2.24) is 14.5 Å². The molecule has 6 nitrogen and oxygen atoms in total. The third-order valence-corrected chi connectivity index (χ3v) is 7.59. The van der Waals surface area contributed by atoms with Crippen LogP contribution in [0.3, 0.4) is 0 Å². The number of thiazole rings is 1. The molecule has 0 unspecified atom stereocenters. The van der Waals surface area contributed by atoms with Crippen molar-refractivity contribution in [3.05, 3.63) is 84.2 Å². The molecule has 1 atom stereocenters. The molecule has 1 aromatic carbocycles. The van der Waals surface area contributed by atoms with Crippen molar-refractivity contribution in [2.24, 2.45) is 0 Å². The fraction of sp³-hybridized carbons (Fsp3) is 0.269. The van der Waals surface area contributed by atoms with Crippen LogP contribution in [0.15, 0.2) is 82.8 Å². The summed E-state index contributed by atoms with van der Waals surface area (Å²) in [4.78, 5) is 32.4. The quantitative estimate of drug-likeness (QED) is 0.324. The van der Waals surface area contributed by atoms with Gasteiger partial charge in [-0.2, -0.15) is 0 Å². The summed E-state index contributed by atoms with van der Waals surface area (Å²) in [5, 5.41) is 5.08. The number of nitrogens with one attached hydrogen (secondary N) is 1. The molecule has 2 amide bonds. The van der Waals surface area contributed by atoms with Gasteiger partial charge >= 0.3 is 0 Å². The van der Waals surface area contributed by atoms with Crippen LogP contribution < -0.4 is 5.32 Å². The Balaban J connectivity index is 1.34. The van der Waals surface area contributed by atoms with E-state index >= 15 is 0 Å². The van der Waals surface area contributed by atoms with Crippen molar-refractivity contribution in [2.75, 3.05) is 17.6 Å². The number of hydrogen-bond acceptors (Lipinski definition) is 5. The van der Waals surface area contributed by atoms with Gasteiger partial charge in [-0.3, -0.25) is 9.59 Å². The number of amides is 2. The van der Waals surface area contributed by atoms with Gasteiger partial charge in [0.2, 0.25) is 11.8 Å². The molecule has 0 bridgehead atoms. The van der Waals surface area contributed by atoms with E-state index in [4.69, 9.17) is 0 Å². The number of para-hydroxylation sites is 2. The van der Waals surface area contributed by atoms with Crippen LogP contribution in [0.4, 0.5) is 5.69 Å². The second-order valence-corrected chi connectivity index (χ2v) is 9.97. The Hall–Kier alpha value is -3.10. The van der Waals surface area contributed by atoms with E-state index in [0.29, 0.717) is 13.0 Å². The van der Waals surface area contributed by atoms with Crippen molar-refractivity contribution < 1.29 is 9.59 Å². The van der Waals surface area contributed by atoms with Gasteiger partial charge < -0.3 is 14.8 Å². The molecule has 8 heteroatoms. The van der Waals surface area contributed by atoms with Crippen molar-refractivity contribution in [2.45, 2.75) is 36.6 Å². The van der Waals surface area contributed by atoms with Gasteiger partial charge in [-0.1, -0.05) is 48.2 Å². The van der Waals surface area contributed by atoms with E-state index in [2.05, 4.69) is 16.4 Å². The van der Waals surface area contributed by atoms with Crippen LogP contribution >= 0.6 is 23.1 Å². The fourth-order valence-corrected chi connectivity index (χ4v) is 5.63. The summed E-state index contributed by atoms with van der Waals surface area (Å²) in [5.41, 5.74) is 2.63. The average molecular weight is 493 g/mol. The maximum atomic E-state index is 13.1. The van der Waals surface area contributed by atoms with E-state index in [0.717, 1.165) is 34.2 Å². The number of likely N-dealkylation sites (tertiary alicyclic amines) is 1. The van der Waals surface area contributed by atoms with Gasteiger partial charge in [0.25, 0.3) is 0 Å². The molecule has 1 N–H and O–H groups in total. The van der Waals surface area contributed by atoms with Gasteiger partial charge in [0.1, 0.15) is 6.04 Å². The number of nitrogens with zero attached hydrogens (tertiary/aromatic N) is 3. The lowest BCUT2D eigenvalue weighted by Gasteiger charge is -2.24. The molecule has 1 aliphatic heterocycles. The minimum absolute atomic E-state index is 0.0222. The van der Waals surface area contributed by atoms with E-state index in [9.17, 15) is 9.59 Å². The topological polar surface area (TPSA) is 67.2 Å². The second-order valence-electron chi connectivity index (χ2n) is 7.89. The van der Waals surface area contributed by atoms with E-state index in [1.807, 2.05) is 83.9 Å². The monoisotopic (exact) mass is 492 g/mol. The van der Waals surface area contributed by atoms with Gasteiger partial charge in [-0.05, 0) is 44.0 Å². The Morgan fingerprint density at radius 1 is 1.21 bits per heavy atom. The molecule has 1 fully saturated rings. The normalized spacial score (nSPS) is 16.0. The predicted octanol–water partition coefficient (Wildman–Crippen LogP) is 5.33. The van der Waals surface area contributed by atoms with Gasteiger partial charge in [0, 0.05) is 30.7 Å². The molecule has 0 radical (unpaired) electrons. The van der Waals surface area contributed by atoms with Crippen LogP contribution in [0.25, 0.3) is 5.69 Å². The summed E-state index contributed by atoms with van der Waals surface area (Å²) in [7, 11) is 0. The molecule has 2 aromatic heterocycles. The van der Waals surface area contributed by atoms with E-state index in [1.54, 1.807) is 16.2 Å². The van der Waals surface area contributed by atoms with Crippen molar-refractivity contribution in [1.29, 1.82) is 0 Å². The Labute approximate surface area is 208 Å². The molecule has 3 aromatic rings. The molecule has 4 rings (SSSR count). The van der Waals surface area contributed by atoms with Crippen LogP contribution in [0.5, 0.6) is 0 Å². The number of allylic oxidation sites excluding steroid dienone is 4. The molecule has 176 valence electrons. The zero-order valence-corrected chi connectivity index (χ0v) is 20.7. The van der Waals surface area contributed by atoms with Gasteiger partial charge in [0.15, 0.2) is 4.34 Å². The van der Waals surface area contributed by atoms with Gasteiger partial charge in [-0.25, -0.2) is 4.98 Å². The van der Waals surface area contributed by atoms with Crippen molar-refractivity contribution in [3.63, 3.8) is 0 Å². The Bertz CT molecular complexity index is 1170. The minimum atomic E-state index is -0.450. The lowest BCUT2D eigenvalue weighted by atomic mass is 10.2. The molecule has 34 heavy (non-hydrogen) atoms. The summed E-state index contributed by atoms with van der Waals surface area (Å²) in [5.74, 6) is 0.122. The summed E-state index contributed by atoms with van der Waals surface area (Å²) < 4.78 is 2.84. The number of hydrogen-bond donors (Lipinski definition) is 1. The molecular formula is C26H28N4O2S2. The lowest BCUT2D eigenvalue weighted by molar-refractivity contribution is -0.134. The van der Waals surface area contributed by atoms with E-state index in [-0.39, 0.29) is 17.6 Å². The molecule has 0 spiro atoms. The summed E-state index contributed by atoms with van der Waals surface area (Å²) >= 11 is 3.00. The predicted molar refractivity (Wildman–Crippen MR) is 140 cm³/mol. The highest BCUT2D eigenvalue weighted by atomic mass is 32.2. The molecule has 1 saturated heterocycles. The Kier molecular flexibility index (Phi) is 8.38. The van der Waals surface area contributed by atoms with Crippen LogP contribution in [0.2, 0.25) is 0 Å². The summed E-state index contributed by atoms with van der Waals surface area (Å²) in [6.45, 7) is 2.59. The first-order valence-corrected chi connectivity index (χ1v) is 13.2. The zero-order valence-electron chi connectivity index (χ0n) is 19.1. The first kappa shape index (κ1) is 24.0. The summed E-state index contributed by atoms with van der Waals surface area (Å²) in [6.07, 6.45) is 14.2. The second kappa shape index (κ2) is 11.9. The largest absolute Gasteiger partial charge is 0.330 e. The van der Waals surface area contributed by atoms with Crippen LogP contribution in [-0.2, 0) is 16.0 Å². The number of aromatic nitrogens is 2. The number of carbonyl (C=O) groups is 2. The highest BCUT2D eigenvalue weighted by Crippen LogP contribution is 2.27. The fourth-order valence-electron chi connectivity index (χ4n) is 3.89. The van der Waals surface area contributed by atoms with Gasteiger partial charge in [0.05, 0.1) is 22.8 Å². The first-order chi connectivity index (χ1) is 16.7. The van der Waals surface area contributed by atoms with E-state index in [1.165, 1.54) is 11.8 Å². The number of rotatable bonds is 9. The third kappa shape index (κ3) is 6.07. The zero-order chi connectivity index (χ0) is 23.8. The molecular weight excluding hydrogens is 464 g/mol. The SMILES string of the molecule is C/C=C\C=C/Cc1csc(SCC(=O)N2CCC[C@H]2C(=O)Nc2ccccc2-n2cccc2)n1. The molecule has 3 heterocycles. The van der Waals surface area contributed by atoms with Crippen molar-refractivity contribution >= 4 is 40.6 Å². The van der Waals surface area contributed by atoms with Crippen molar-refractivity contribution in [3.8, 4) is 5.69 Å². The molecule has 0 saturated carbocycles. The van der Waals surface area contributed by atoms with Gasteiger partial charge in [-0.15, -0.1) is 11.3 Å². The average Bonchev–Trinajstić information content (AvgIpc) is 3.62. The van der Waals surface area contributed by atoms with Crippen LogP contribution in [-0.4, -0.2) is 44.6 Å². The first-order valence-electron chi connectivity index (χ1n) is 11.3.